The van der Waals surface area contributed by atoms with Crippen molar-refractivity contribution in [3.05, 3.63) is 29.8 Å². The summed E-state index contributed by atoms with van der Waals surface area (Å²) < 4.78 is 11.1. The molecule has 1 aromatic carbocycles. The molecule has 4 aliphatic rings. The molecule has 5 atom stereocenters. The zero-order chi connectivity index (χ0) is 26.1. The number of likely N-dealkylation sites (tertiary alicyclic amines) is 1. The first-order chi connectivity index (χ1) is 17.9. The number of carbonyl (C=O) groups is 3. The third-order valence-electron chi connectivity index (χ3n) is 8.89. The molecule has 3 saturated heterocycles. The number of piperazine rings is 1. The van der Waals surface area contributed by atoms with E-state index in [1.807, 2.05) is 38.1 Å². The Morgan fingerprint density at radius 1 is 1.14 bits per heavy atom. The minimum Gasteiger partial charge on any atom is -0.377 e. The number of methoxy groups -OCH3 is 1. The van der Waals surface area contributed by atoms with Crippen LogP contribution in [0.1, 0.15) is 49.9 Å². The van der Waals surface area contributed by atoms with Crippen molar-refractivity contribution in [3.8, 4) is 0 Å². The fourth-order valence-corrected chi connectivity index (χ4v) is 6.05. The second-order valence-corrected chi connectivity index (χ2v) is 10.9. The minimum absolute atomic E-state index is 0.0126. The van der Waals surface area contributed by atoms with Crippen molar-refractivity contribution in [2.24, 2.45) is 5.92 Å². The SMILES string of the molecule is CC[C@H](C)[C@H](NC(=O)c1ccc(N2CCN(C3CCC3)CC2)cc1)C(=O)N1C[C@@H](OC)[C@H]2OCC(=O)[C@H]21. The number of rotatable bonds is 8. The third kappa shape index (κ3) is 5.13. The molecule has 2 amide bonds. The van der Waals surface area contributed by atoms with E-state index in [0.717, 1.165) is 37.9 Å². The van der Waals surface area contributed by atoms with E-state index in [-0.39, 0.29) is 42.8 Å². The second-order valence-electron chi connectivity index (χ2n) is 10.9. The lowest BCUT2D eigenvalue weighted by Gasteiger charge is -2.43. The van der Waals surface area contributed by atoms with Crippen molar-refractivity contribution < 1.29 is 23.9 Å². The summed E-state index contributed by atoms with van der Waals surface area (Å²) in [5.41, 5.74) is 1.64. The Hall–Kier alpha value is -2.49. The number of amides is 2. The molecule has 1 aromatic rings. The quantitative estimate of drug-likeness (QED) is 0.567. The Labute approximate surface area is 219 Å². The lowest BCUT2D eigenvalue weighted by atomic mass is 9.91. The van der Waals surface area contributed by atoms with E-state index in [2.05, 4.69) is 15.1 Å². The Morgan fingerprint density at radius 3 is 2.43 bits per heavy atom. The van der Waals surface area contributed by atoms with Crippen molar-refractivity contribution in [1.29, 1.82) is 0 Å². The first kappa shape index (κ1) is 26.1. The highest BCUT2D eigenvalue weighted by molar-refractivity contribution is 5.99. The number of hydrogen-bond donors (Lipinski definition) is 1. The van der Waals surface area contributed by atoms with Crippen LogP contribution < -0.4 is 10.2 Å². The average Bonchev–Trinajstić information content (AvgIpc) is 3.46. The molecule has 4 fully saturated rings. The predicted octanol–water partition coefficient (Wildman–Crippen LogP) is 1.70. The van der Waals surface area contributed by atoms with Gasteiger partial charge in [0.1, 0.15) is 30.9 Å². The number of Topliss-reactive ketones (excluding diaryl/α,β-unsaturated/α-hetero) is 1. The van der Waals surface area contributed by atoms with Crippen LogP contribution in [0.4, 0.5) is 5.69 Å². The molecule has 0 bridgehead atoms. The van der Waals surface area contributed by atoms with Crippen LogP contribution in [0.3, 0.4) is 0 Å². The second kappa shape index (κ2) is 11.1. The van der Waals surface area contributed by atoms with E-state index in [9.17, 15) is 14.4 Å². The highest BCUT2D eigenvalue weighted by Gasteiger charge is 2.53. The first-order valence-electron chi connectivity index (χ1n) is 13.8. The monoisotopic (exact) mass is 512 g/mol. The molecule has 9 nitrogen and oxygen atoms in total. The molecule has 9 heteroatoms. The number of ether oxygens (including phenoxy) is 2. The molecule has 37 heavy (non-hydrogen) atoms. The standard InChI is InChI=1S/C28H40N4O5/c1-4-18(2)24(28(35)32-16-23(36-3)26-25(32)22(33)17-37-26)29-27(34)19-8-10-21(11-9-19)31-14-12-30(13-15-31)20-6-5-7-20/h8-11,18,20,23-26H,4-7,12-17H2,1-3H3,(H,29,34)/t18-,23+,24-,25+,26+/m0/s1. The van der Waals surface area contributed by atoms with Crippen molar-refractivity contribution in [2.75, 3.05) is 51.3 Å². The van der Waals surface area contributed by atoms with Gasteiger partial charge in [-0.2, -0.15) is 0 Å². The van der Waals surface area contributed by atoms with Crippen LogP contribution in [0.25, 0.3) is 0 Å². The van der Waals surface area contributed by atoms with Crippen LogP contribution in [0.2, 0.25) is 0 Å². The lowest BCUT2D eigenvalue weighted by Crippen LogP contribution is -2.54. The molecule has 5 rings (SSSR count). The zero-order valence-corrected chi connectivity index (χ0v) is 22.2. The van der Waals surface area contributed by atoms with E-state index in [4.69, 9.17) is 9.47 Å². The van der Waals surface area contributed by atoms with E-state index >= 15 is 0 Å². The fraction of sp³-hybridized carbons (Fsp3) is 0.679. The summed E-state index contributed by atoms with van der Waals surface area (Å²) in [4.78, 5) is 45.9. The van der Waals surface area contributed by atoms with Gasteiger partial charge in [-0.15, -0.1) is 0 Å². The summed E-state index contributed by atoms with van der Waals surface area (Å²) in [6.45, 7) is 8.37. The van der Waals surface area contributed by atoms with Gasteiger partial charge in [0.25, 0.3) is 5.91 Å². The maximum atomic E-state index is 13.7. The van der Waals surface area contributed by atoms with Gasteiger partial charge in [-0.3, -0.25) is 19.3 Å². The van der Waals surface area contributed by atoms with Gasteiger partial charge in [-0.05, 0) is 43.0 Å². The van der Waals surface area contributed by atoms with E-state index in [0.29, 0.717) is 12.0 Å². The number of nitrogens with zero attached hydrogens (tertiary/aromatic N) is 3. The van der Waals surface area contributed by atoms with Gasteiger partial charge in [0.2, 0.25) is 5.91 Å². The van der Waals surface area contributed by atoms with Crippen molar-refractivity contribution >= 4 is 23.3 Å². The third-order valence-corrected chi connectivity index (χ3v) is 8.89. The summed E-state index contributed by atoms with van der Waals surface area (Å²) in [6.07, 6.45) is 3.94. The van der Waals surface area contributed by atoms with Crippen LogP contribution in [0.15, 0.2) is 24.3 Å². The molecule has 1 saturated carbocycles. The number of carbonyl (C=O) groups excluding carboxylic acids is 3. The fourth-order valence-electron chi connectivity index (χ4n) is 6.05. The molecular formula is C28H40N4O5. The summed E-state index contributed by atoms with van der Waals surface area (Å²) in [5.74, 6) is -0.749. The molecule has 0 radical (unpaired) electrons. The number of benzene rings is 1. The summed E-state index contributed by atoms with van der Waals surface area (Å²) in [6, 6.07) is 7.06. The molecule has 0 aromatic heterocycles. The van der Waals surface area contributed by atoms with Crippen molar-refractivity contribution in [3.63, 3.8) is 0 Å². The molecule has 0 unspecified atom stereocenters. The van der Waals surface area contributed by atoms with Crippen LogP contribution in [-0.2, 0) is 19.1 Å². The lowest BCUT2D eigenvalue weighted by molar-refractivity contribution is -0.139. The molecular weight excluding hydrogens is 472 g/mol. The van der Waals surface area contributed by atoms with Crippen molar-refractivity contribution in [1.82, 2.24) is 15.1 Å². The van der Waals surface area contributed by atoms with Crippen LogP contribution in [0.5, 0.6) is 0 Å². The van der Waals surface area contributed by atoms with Gasteiger partial charge in [0.05, 0.1) is 6.54 Å². The van der Waals surface area contributed by atoms with Gasteiger partial charge in [0, 0.05) is 50.6 Å². The van der Waals surface area contributed by atoms with Crippen LogP contribution in [-0.4, -0.2) is 104 Å². The largest absolute Gasteiger partial charge is 0.377 e. The Kier molecular flexibility index (Phi) is 7.83. The minimum atomic E-state index is -0.735. The number of fused-ring (bicyclic) bond motifs is 1. The molecule has 1 N–H and O–H groups in total. The number of hydrogen-bond acceptors (Lipinski definition) is 7. The number of anilines is 1. The Morgan fingerprint density at radius 2 is 1.84 bits per heavy atom. The maximum Gasteiger partial charge on any atom is 0.251 e. The van der Waals surface area contributed by atoms with Gasteiger partial charge in [-0.1, -0.05) is 26.7 Å². The highest BCUT2D eigenvalue weighted by Crippen LogP contribution is 2.31. The maximum absolute atomic E-state index is 13.7. The topological polar surface area (TPSA) is 91.4 Å². The normalized spacial score (nSPS) is 28.1. The summed E-state index contributed by atoms with van der Waals surface area (Å²) in [7, 11) is 1.56. The van der Waals surface area contributed by atoms with E-state index < -0.39 is 18.2 Å². The predicted molar refractivity (Wildman–Crippen MR) is 140 cm³/mol. The van der Waals surface area contributed by atoms with Gasteiger partial charge < -0.3 is 24.6 Å². The average molecular weight is 513 g/mol. The van der Waals surface area contributed by atoms with Gasteiger partial charge >= 0.3 is 0 Å². The molecule has 0 spiro atoms. The molecule has 202 valence electrons. The summed E-state index contributed by atoms with van der Waals surface area (Å²) >= 11 is 0. The molecule has 3 aliphatic heterocycles. The summed E-state index contributed by atoms with van der Waals surface area (Å²) in [5, 5.41) is 2.98. The number of nitrogens with one attached hydrogen (secondary N) is 1. The Bertz CT molecular complexity index is 989. The zero-order valence-electron chi connectivity index (χ0n) is 22.2. The van der Waals surface area contributed by atoms with E-state index in [1.165, 1.54) is 19.3 Å². The number of ketones is 1. The highest BCUT2D eigenvalue weighted by atomic mass is 16.5. The first-order valence-corrected chi connectivity index (χ1v) is 13.8. The smallest absolute Gasteiger partial charge is 0.251 e. The van der Waals surface area contributed by atoms with Crippen LogP contribution >= 0.6 is 0 Å². The van der Waals surface area contributed by atoms with Gasteiger partial charge in [0.15, 0.2) is 5.78 Å². The van der Waals surface area contributed by atoms with E-state index in [1.54, 1.807) is 12.0 Å². The molecule has 3 heterocycles. The Balaban J connectivity index is 1.23. The van der Waals surface area contributed by atoms with Crippen molar-refractivity contribution in [2.45, 2.75) is 69.9 Å². The molecule has 1 aliphatic carbocycles. The van der Waals surface area contributed by atoms with Gasteiger partial charge in [-0.25, -0.2) is 0 Å². The van der Waals surface area contributed by atoms with Crippen LogP contribution in [0, 0.1) is 5.92 Å².